The Morgan fingerprint density at radius 3 is 2.64 bits per heavy atom. The fourth-order valence-electron chi connectivity index (χ4n) is 4.19. The highest BCUT2D eigenvalue weighted by atomic mass is 32.2. The molecule has 2 saturated carbocycles. The van der Waals surface area contributed by atoms with E-state index in [1.54, 1.807) is 18.2 Å². The third-order valence-electron chi connectivity index (χ3n) is 5.33. The summed E-state index contributed by atoms with van der Waals surface area (Å²) in [5.74, 6) is 1.79. The smallest absolute Gasteiger partial charge is 0.240 e. The third kappa shape index (κ3) is 2.97. The molecular weight excluding hydrogens is 298 g/mol. The summed E-state index contributed by atoms with van der Waals surface area (Å²) < 4.78 is 27.9. The van der Waals surface area contributed by atoms with Crippen molar-refractivity contribution in [2.75, 3.05) is 0 Å². The van der Waals surface area contributed by atoms with Crippen molar-refractivity contribution in [3.8, 4) is 0 Å². The molecule has 0 unspecified atom stereocenters. The van der Waals surface area contributed by atoms with Crippen molar-refractivity contribution in [2.45, 2.75) is 50.5 Å². The van der Waals surface area contributed by atoms with E-state index in [-0.39, 0.29) is 16.7 Å². The van der Waals surface area contributed by atoms with E-state index in [0.29, 0.717) is 17.4 Å². The number of benzene rings is 1. The minimum absolute atomic E-state index is 0.0544. The first kappa shape index (κ1) is 15.7. The van der Waals surface area contributed by atoms with Gasteiger partial charge in [0.25, 0.3) is 0 Å². The molecule has 0 aliphatic heterocycles. The van der Waals surface area contributed by atoms with E-state index in [2.05, 4.69) is 4.72 Å². The SMILES string of the molecule is CC(=O)c1cccc(S(=O)(=O)N[C@@H](C)[C@@H]2C[C@H]3CC[C@H]2C3)c1. The van der Waals surface area contributed by atoms with Gasteiger partial charge >= 0.3 is 0 Å². The quantitative estimate of drug-likeness (QED) is 0.848. The zero-order valence-electron chi connectivity index (χ0n) is 13.1. The van der Waals surface area contributed by atoms with Crippen LogP contribution < -0.4 is 4.72 Å². The Kier molecular flexibility index (Phi) is 4.12. The summed E-state index contributed by atoms with van der Waals surface area (Å²) >= 11 is 0. The predicted octanol–water partition coefficient (Wildman–Crippen LogP) is 2.99. The average molecular weight is 321 g/mol. The topological polar surface area (TPSA) is 63.2 Å². The van der Waals surface area contributed by atoms with Gasteiger partial charge in [0.15, 0.2) is 5.78 Å². The van der Waals surface area contributed by atoms with Crippen LogP contribution in [0.1, 0.15) is 49.9 Å². The van der Waals surface area contributed by atoms with Crippen LogP contribution in [0.25, 0.3) is 0 Å². The van der Waals surface area contributed by atoms with Crippen molar-refractivity contribution in [3.63, 3.8) is 0 Å². The van der Waals surface area contributed by atoms with Gasteiger partial charge < -0.3 is 0 Å². The predicted molar refractivity (Wildman–Crippen MR) is 85.2 cm³/mol. The van der Waals surface area contributed by atoms with Gasteiger partial charge in [0.1, 0.15) is 0 Å². The van der Waals surface area contributed by atoms with E-state index in [1.165, 1.54) is 32.3 Å². The highest BCUT2D eigenvalue weighted by Gasteiger charge is 2.42. The summed E-state index contributed by atoms with van der Waals surface area (Å²) in [7, 11) is -3.57. The molecule has 22 heavy (non-hydrogen) atoms. The zero-order valence-corrected chi connectivity index (χ0v) is 13.9. The number of sulfonamides is 1. The average Bonchev–Trinajstić information content (AvgIpc) is 3.09. The summed E-state index contributed by atoms with van der Waals surface area (Å²) in [5, 5.41) is 0. The zero-order chi connectivity index (χ0) is 15.9. The van der Waals surface area contributed by atoms with Crippen LogP contribution in [0.2, 0.25) is 0 Å². The van der Waals surface area contributed by atoms with Crippen molar-refractivity contribution in [3.05, 3.63) is 29.8 Å². The number of nitrogens with one attached hydrogen (secondary N) is 1. The van der Waals surface area contributed by atoms with Crippen LogP contribution in [0.3, 0.4) is 0 Å². The second-order valence-electron chi connectivity index (χ2n) is 6.83. The van der Waals surface area contributed by atoms with Crippen LogP contribution in [-0.4, -0.2) is 20.2 Å². The van der Waals surface area contributed by atoms with Crippen LogP contribution in [0.15, 0.2) is 29.2 Å². The molecule has 1 N–H and O–H groups in total. The second-order valence-corrected chi connectivity index (χ2v) is 8.55. The minimum Gasteiger partial charge on any atom is -0.295 e. The van der Waals surface area contributed by atoms with Crippen molar-refractivity contribution in [2.24, 2.45) is 17.8 Å². The first-order chi connectivity index (χ1) is 10.4. The lowest BCUT2D eigenvalue weighted by molar-refractivity contribution is 0.101. The number of rotatable bonds is 5. The fraction of sp³-hybridized carbons (Fsp3) is 0.588. The Bertz CT molecular complexity index is 683. The molecule has 1 aromatic carbocycles. The van der Waals surface area contributed by atoms with Gasteiger partial charge in [0.2, 0.25) is 10.0 Å². The normalized spacial score (nSPS) is 28.7. The molecule has 2 aliphatic rings. The van der Waals surface area contributed by atoms with Crippen molar-refractivity contribution < 1.29 is 13.2 Å². The highest BCUT2D eigenvalue weighted by molar-refractivity contribution is 7.89. The van der Waals surface area contributed by atoms with Gasteiger partial charge in [-0.2, -0.15) is 0 Å². The molecule has 2 fully saturated rings. The molecule has 5 heteroatoms. The minimum atomic E-state index is -3.57. The van der Waals surface area contributed by atoms with Crippen LogP contribution in [0.4, 0.5) is 0 Å². The van der Waals surface area contributed by atoms with Crippen molar-refractivity contribution in [1.82, 2.24) is 4.72 Å². The standard InChI is InChI=1S/C17H23NO3S/c1-11(17-9-13-6-7-15(17)8-13)18-22(20,21)16-5-3-4-14(10-16)12(2)19/h3-5,10-11,13,15,17-18H,6-9H2,1-2H3/t11-,13-,15-,17-/m0/s1. The van der Waals surface area contributed by atoms with Crippen molar-refractivity contribution in [1.29, 1.82) is 0 Å². The van der Waals surface area contributed by atoms with E-state index in [1.807, 2.05) is 6.92 Å². The summed E-state index contributed by atoms with van der Waals surface area (Å²) in [5.41, 5.74) is 0.426. The molecule has 4 nitrogen and oxygen atoms in total. The molecule has 0 aromatic heterocycles. The maximum atomic E-state index is 12.6. The van der Waals surface area contributed by atoms with E-state index in [0.717, 1.165) is 12.3 Å². The number of carbonyl (C=O) groups is 1. The van der Waals surface area contributed by atoms with Gasteiger partial charge in [0.05, 0.1) is 4.90 Å². The summed E-state index contributed by atoms with van der Waals surface area (Å²) in [4.78, 5) is 11.6. The van der Waals surface area contributed by atoms with Gasteiger partial charge in [0, 0.05) is 11.6 Å². The van der Waals surface area contributed by atoms with Crippen LogP contribution >= 0.6 is 0 Å². The van der Waals surface area contributed by atoms with Gasteiger partial charge in [-0.25, -0.2) is 13.1 Å². The maximum Gasteiger partial charge on any atom is 0.240 e. The lowest BCUT2D eigenvalue weighted by atomic mass is 9.84. The molecule has 0 spiro atoms. The first-order valence-electron chi connectivity index (χ1n) is 8.00. The molecule has 0 amide bonds. The molecule has 2 aliphatic carbocycles. The maximum absolute atomic E-state index is 12.6. The molecule has 0 radical (unpaired) electrons. The first-order valence-corrected chi connectivity index (χ1v) is 9.48. The Morgan fingerprint density at radius 2 is 2.05 bits per heavy atom. The molecule has 3 rings (SSSR count). The Hall–Kier alpha value is -1.20. The van der Waals surface area contributed by atoms with E-state index in [4.69, 9.17) is 0 Å². The number of ketones is 1. The Labute approximate surface area is 132 Å². The summed E-state index contributed by atoms with van der Waals surface area (Å²) in [6.45, 7) is 3.41. The van der Waals surface area contributed by atoms with Gasteiger partial charge in [-0.3, -0.25) is 4.79 Å². The Balaban J connectivity index is 1.76. The molecule has 120 valence electrons. The van der Waals surface area contributed by atoms with Gasteiger partial charge in [-0.1, -0.05) is 18.6 Å². The lowest BCUT2D eigenvalue weighted by Crippen LogP contribution is -2.40. The third-order valence-corrected chi connectivity index (χ3v) is 6.88. The number of fused-ring (bicyclic) bond motifs is 2. The Morgan fingerprint density at radius 1 is 1.27 bits per heavy atom. The number of carbonyl (C=O) groups excluding carboxylic acids is 1. The number of Topliss-reactive ketones (excluding diaryl/α,β-unsaturated/α-hetero) is 1. The lowest BCUT2D eigenvalue weighted by Gasteiger charge is -2.28. The molecular formula is C17H23NO3S. The fourth-order valence-corrected chi connectivity index (χ4v) is 5.53. The van der Waals surface area contributed by atoms with Crippen LogP contribution in [-0.2, 0) is 10.0 Å². The molecule has 0 heterocycles. The summed E-state index contributed by atoms with van der Waals surface area (Å²) in [6.07, 6.45) is 4.95. The van der Waals surface area contributed by atoms with Crippen molar-refractivity contribution >= 4 is 15.8 Å². The van der Waals surface area contributed by atoms with E-state index in [9.17, 15) is 13.2 Å². The molecule has 4 atom stereocenters. The number of hydrogen-bond donors (Lipinski definition) is 1. The van der Waals surface area contributed by atoms with Gasteiger partial charge in [-0.05, 0) is 63.0 Å². The second kappa shape index (κ2) is 5.78. The molecule has 1 aromatic rings. The summed E-state index contributed by atoms with van der Waals surface area (Å²) in [6, 6.07) is 6.20. The van der Waals surface area contributed by atoms with E-state index >= 15 is 0 Å². The van der Waals surface area contributed by atoms with Gasteiger partial charge in [-0.15, -0.1) is 0 Å². The molecule has 0 saturated heterocycles. The molecule has 2 bridgehead atoms. The monoisotopic (exact) mass is 321 g/mol. The largest absolute Gasteiger partial charge is 0.295 e. The highest BCUT2D eigenvalue weighted by Crippen LogP contribution is 2.49. The van der Waals surface area contributed by atoms with Crippen LogP contribution in [0, 0.1) is 17.8 Å². The number of hydrogen-bond acceptors (Lipinski definition) is 3. The van der Waals surface area contributed by atoms with Crippen LogP contribution in [0.5, 0.6) is 0 Å². The van der Waals surface area contributed by atoms with E-state index < -0.39 is 10.0 Å².